The smallest absolute Gasteiger partial charge is 0.0283 e. The van der Waals surface area contributed by atoms with Crippen molar-refractivity contribution < 1.29 is 0 Å². The van der Waals surface area contributed by atoms with Crippen LogP contribution in [0.1, 0.15) is 11.1 Å². The first-order valence-electron chi connectivity index (χ1n) is 3.06. The van der Waals surface area contributed by atoms with Gasteiger partial charge in [-0.05, 0) is 11.1 Å². The SMILES string of the molecule is Br.BrCc1ccc(CBr)cc1. The molecular formula is C8H9Br3. The summed E-state index contributed by atoms with van der Waals surface area (Å²) in [6, 6.07) is 8.52. The minimum Gasteiger partial charge on any atom is -0.114 e. The van der Waals surface area contributed by atoms with Gasteiger partial charge in [0.1, 0.15) is 0 Å². The maximum atomic E-state index is 3.39. The lowest BCUT2D eigenvalue weighted by Gasteiger charge is -1.96. The maximum Gasteiger partial charge on any atom is 0.0283 e. The zero-order valence-electron chi connectivity index (χ0n) is 5.89. The summed E-state index contributed by atoms with van der Waals surface area (Å²) in [5, 5.41) is 1.88. The van der Waals surface area contributed by atoms with E-state index in [1.165, 1.54) is 11.1 Å². The van der Waals surface area contributed by atoms with Crippen molar-refractivity contribution in [3.8, 4) is 0 Å². The van der Waals surface area contributed by atoms with Crippen molar-refractivity contribution in [2.45, 2.75) is 10.7 Å². The summed E-state index contributed by atoms with van der Waals surface area (Å²) < 4.78 is 0. The number of hydrogen-bond donors (Lipinski definition) is 0. The number of halogens is 3. The molecular weight excluding hydrogens is 336 g/mol. The highest BCUT2D eigenvalue weighted by Crippen LogP contribution is 2.09. The van der Waals surface area contributed by atoms with Gasteiger partial charge in [0.2, 0.25) is 0 Å². The molecule has 0 spiro atoms. The Kier molecular flexibility index (Phi) is 6.58. The second-order valence-corrected chi connectivity index (χ2v) is 3.21. The molecule has 0 amide bonds. The van der Waals surface area contributed by atoms with Crippen molar-refractivity contribution in [1.29, 1.82) is 0 Å². The quantitative estimate of drug-likeness (QED) is 0.710. The molecule has 1 rings (SSSR count). The van der Waals surface area contributed by atoms with E-state index in [1.807, 2.05) is 0 Å². The van der Waals surface area contributed by atoms with E-state index in [4.69, 9.17) is 0 Å². The third-order valence-corrected chi connectivity index (χ3v) is 2.63. The Hall–Kier alpha value is 0.660. The van der Waals surface area contributed by atoms with Gasteiger partial charge in [-0.2, -0.15) is 0 Å². The molecule has 0 aliphatic carbocycles. The highest BCUT2D eigenvalue weighted by Gasteiger charge is 1.89. The molecule has 0 N–H and O–H groups in total. The summed E-state index contributed by atoms with van der Waals surface area (Å²) in [6.45, 7) is 0. The van der Waals surface area contributed by atoms with E-state index < -0.39 is 0 Å². The Morgan fingerprint density at radius 3 is 1.27 bits per heavy atom. The standard InChI is InChI=1S/C8H8Br2.BrH/c9-5-7-1-2-8(6-10)4-3-7;/h1-4H,5-6H2;1H. The lowest BCUT2D eigenvalue weighted by Crippen LogP contribution is -1.78. The molecule has 0 heterocycles. The molecule has 3 heteroatoms. The average Bonchev–Trinajstić information content (AvgIpc) is 2.05. The summed E-state index contributed by atoms with van der Waals surface area (Å²) >= 11 is 6.78. The van der Waals surface area contributed by atoms with E-state index >= 15 is 0 Å². The van der Waals surface area contributed by atoms with Crippen molar-refractivity contribution in [2.24, 2.45) is 0 Å². The monoisotopic (exact) mass is 342 g/mol. The molecule has 1 aromatic carbocycles. The second kappa shape index (κ2) is 6.21. The van der Waals surface area contributed by atoms with Crippen molar-refractivity contribution in [3.63, 3.8) is 0 Å². The highest BCUT2D eigenvalue weighted by atomic mass is 79.9. The Balaban J connectivity index is 0.000001000. The maximum absolute atomic E-state index is 3.39. The predicted octanol–water partition coefficient (Wildman–Crippen LogP) is 4.05. The van der Waals surface area contributed by atoms with Gasteiger partial charge in [-0.3, -0.25) is 0 Å². The Morgan fingerprint density at radius 1 is 0.818 bits per heavy atom. The zero-order valence-corrected chi connectivity index (χ0v) is 10.8. The average molecular weight is 345 g/mol. The molecule has 0 aliphatic heterocycles. The van der Waals surface area contributed by atoms with Crippen LogP contribution in [0, 0.1) is 0 Å². The zero-order chi connectivity index (χ0) is 7.40. The van der Waals surface area contributed by atoms with Gasteiger partial charge in [0.15, 0.2) is 0 Å². The number of alkyl halides is 2. The molecule has 0 nitrogen and oxygen atoms in total. The van der Waals surface area contributed by atoms with E-state index in [2.05, 4.69) is 56.1 Å². The third-order valence-electron chi connectivity index (χ3n) is 1.33. The highest BCUT2D eigenvalue weighted by molar-refractivity contribution is 9.08. The molecule has 0 aromatic heterocycles. The van der Waals surface area contributed by atoms with Gasteiger partial charge in [0.05, 0.1) is 0 Å². The molecule has 0 unspecified atom stereocenters. The van der Waals surface area contributed by atoms with E-state index in [-0.39, 0.29) is 17.0 Å². The molecule has 0 saturated heterocycles. The fourth-order valence-corrected chi connectivity index (χ4v) is 1.47. The summed E-state index contributed by atoms with van der Waals surface area (Å²) in [4.78, 5) is 0. The van der Waals surface area contributed by atoms with Crippen LogP contribution in [0.5, 0.6) is 0 Å². The number of rotatable bonds is 2. The summed E-state index contributed by atoms with van der Waals surface area (Å²) in [5.41, 5.74) is 2.65. The normalized spacial score (nSPS) is 8.91. The van der Waals surface area contributed by atoms with Gasteiger partial charge in [-0.1, -0.05) is 56.1 Å². The van der Waals surface area contributed by atoms with Crippen LogP contribution >= 0.6 is 48.8 Å². The molecule has 0 saturated carbocycles. The van der Waals surface area contributed by atoms with Crippen LogP contribution in [0.15, 0.2) is 24.3 Å². The molecule has 0 bridgehead atoms. The minimum absolute atomic E-state index is 0. The van der Waals surface area contributed by atoms with Crippen LogP contribution in [0.3, 0.4) is 0 Å². The van der Waals surface area contributed by atoms with E-state index in [1.54, 1.807) is 0 Å². The van der Waals surface area contributed by atoms with Crippen molar-refractivity contribution in [3.05, 3.63) is 35.4 Å². The Labute approximate surface area is 94.4 Å². The lowest BCUT2D eigenvalue weighted by atomic mass is 10.2. The first-order valence-corrected chi connectivity index (χ1v) is 5.31. The van der Waals surface area contributed by atoms with Gasteiger partial charge in [0.25, 0.3) is 0 Å². The van der Waals surface area contributed by atoms with Gasteiger partial charge in [-0.15, -0.1) is 17.0 Å². The molecule has 0 fully saturated rings. The second-order valence-electron chi connectivity index (χ2n) is 2.08. The van der Waals surface area contributed by atoms with Gasteiger partial charge >= 0.3 is 0 Å². The van der Waals surface area contributed by atoms with Crippen LogP contribution in [0.2, 0.25) is 0 Å². The van der Waals surface area contributed by atoms with Crippen LogP contribution in [-0.2, 0) is 10.7 Å². The fraction of sp³-hybridized carbons (Fsp3) is 0.250. The van der Waals surface area contributed by atoms with Gasteiger partial charge < -0.3 is 0 Å². The van der Waals surface area contributed by atoms with Gasteiger partial charge in [0, 0.05) is 10.7 Å². The molecule has 0 aliphatic rings. The van der Waals surface area contributed by atoms with E-state index in [0.29, 0.717) is 0 Å². The summed E-state index contributed by atoms with van der Waals surface area (Å²) in [6.07, 6.45) is 0. The van der Waals surface area contributed by atoms with E-state index in [9.17, 15) is 0 Å². The van der Waals surface area contributed by atoms with Crippen LogP contribution < -0.4 is 0 Å². The molecule has 62 valence electrons. The van der Waals surface area contributed by atoms with Crippen LogP contribution in [0.4, 0.5) is 0 Å². The summed E-state index contributed by atoms with van der Waals surface area (Å²) in [5.74, 6) is 0. The first-order chi connectivity index (χ1) is 4.86. The molecule has 0 radical (unpaired) electrons. The predicted molar refractivity (Wildman–Crippen MR) is 62.0 cm³/mol. The van der Waals surface area contributed by atoms with Gasteiger partial charge in [-0.25, -0.2) is 0 Å². The molecule has 1 aromatic rings. The van der Waals surface area contributed by atoms with Crippen molar-refractivity contribution in [2.75, 3.05) is 0 Å². The number of benzene rings is 1. The first kappa shape index (κ1) is 11.7. The van der Waals surface area contributed by atoms with E-state index in [0.717, 1.165) is 10.7 Å². The lowest BCUT2D eigenvalue weighted by molar-refractivity contribution is 1.36. The molecule has 11 heavy (non-hydrogen) atoms. The van der Waals surface area contributed by atoms with Crippen molar-refractivity contribution in [1.82, 2.24) is 0 Å². The van der Waals surface area contributed by atoms with Crippen LogP contribution in [-0.4, -0.2) is 0 Å². The Morgan fingerprint density at radius 2 is 1.09 bits per heavy atom. The van der Waals surface area contributed by atoms with Crippen molar-refractivity contribution >= 4 is 48.8 Å². The fourth-order valence-electron chi connectivity index (χ4n) is 0.717. The summed E-state index contributed by atoms with van der Waals surface area (Å²) in [7, 11) is 0. The minimum atomic E-state index is 0. The molecule has 0 atom stereocenters. The third kappa shape index (κ3) is 3.72. The largest absolute Gasteiger partial charge is 0.114 e. The van der Waals surface area contributed by atoms with Crippen LogP contribution in [0.25, 0.3) is 0 Å². The number of hydrogen-bond acceptors (Lipinski definition) is 0. The topological polar surface area (TPSA) is 0 Å². The Bertz CT molecular complexity index is 170.